The molecule has 4 nitrogen and oxygen atoms in total. The number of nitrogens with zero attached hydrogens (tertiary/aromatic N) is 2. The van der Waals surface area contributed by atoms with E-state index < -0.39 is 0 Å². The van der Waals surface area contributed by atoms with Gasteiger partial charge in [0.1, 0.15) is 12.4 Å². The topological polar surface area (TPSA) is 42.3 Å². The predicted octanol–water partition coefficient (Wildman–Crippen LogP) is 1.65. The second kappa shape index (κ2) is 6.14. The fraction of sp³-hybridized carbons (Fsp3) is 0.200. The second-order valence-corrected chi connectivity index (χ2v) is 4.54. The van der Waals surface area contributed by atoms with Crippen LogP contribution in [0.25, 0.3) is 0 Å². The predicted molar refractivity (Wildman–Crippen MR) is 73.6 cm³/mol. The van der Waals surface area contributed by atoms with Gasteiger partial charge in [-0.05, 0) is 23.8 Å². The summed E-state index contributed by atoms with van der Waals surface area (Å²) in [7, 11) is 1.65. The Morgan fingerprint density at radius 3 is 2.55 bits per heavy atom. The lowest BCUT2D eigenvalue weighted by Crippen LogP contribution is -2.33. The molecule has 1 aromatic heterocycles. The van der Waals surface area contributed by atoms with Gasteiger partial charge in [-0.3, -0.25) is 9.59 Å². The number of rotatable bonds is 4. The first-order valence-corrected chi connectivity index (χ1v) is 6.20. The molecule has 1 amide bonds. The van der Waals surface area contributed by atoms with Crippen LogP contribution >= 0.6 is 0 Å². The summed E-state index contributed by atoms with van der Waals surface area (Å²) < 4.78 is 14.1. The summed E-state index contributed by atoms with van der Waals surface area (Å²) in [6, 6.07) is 10.7. The van der Waals surface area contributed by atoms with Crippen LogP contribution in [0.4, 0.5) is 4.39 Å². The number of likely N-dealkylation sites (N-methyl/N-ethyl adjacent to an activating group) is 1. The molecule has 0 aliphatic rings. The summed E-state index contributed by atoms with van der Waals surface area (Å²) in [5.41, 5.74) is 0.624. The molecule has 20 heavy (non-hydrogen) atoms. The standard InChI is InChI=1S/C15H15FN2O2/c1-17(10-12-5-7-13(16)8-6-12)15(20)11-18-9-3-2-4-14(18)19/h2-9H,10-11H2,1H3. The van der Waals surface area contributed by atoms with Crippen LogP contribution in [0.15, 0.2) is 53.5 Å². The highest BCUT2D eigenvalue weighted by atomic mass is 19.1. The first-order valence-electron chi connectivity index (χ1n) is 6.20. The smallest absolute Gasteiger partial charge is 0.250 e. The third-order valence-electron chi connectivity index (χ3n) is 2.96. The lowest BCUT2D eigenvalue weighted by atomic mass is 10.2. The van der Waals surface area contributed by atoms with Crippen molar-refractivity contribution in [2.45, 2.75) is 13.1 Å². The van der Waals surface area contributed by atoms with Gasteiger partial charge in [-0.1, -0.05) is 18.2 Å². The monoisotopic (exact) mass is 274 g/mol. The van der Waals surface area contributed by atoms with Crippen molar-refractivity contribution >= 4 is 5.91 Å². The summed E-state index contributed by atoms with van der Waals surface area (Å²) in [5.74, 6) is -0.485. The van der Waals surface area contributed by atoms with Crippen LogP contribution in [-0.4, -0.2) is 22.4 Å². The third-order valence-corrected chi connectivity index (χ3v) is 2.96. The van der Waals surface area contributed by atoms with Crippen molar-refractivity contribution in [3.05, 3.63) is 70.4 Å². The molecule has 2 rings (SSSR count). The molecule has 0 saturated heterocycles. The van der Waals surface area contributed by atoms with Crippen molar-refractivity contribution < 1.29 is 9.18 Å². The van der Waals surface area contributed by atoms with E-state index in [0.29, 0.717) is 6.54 Å². The van der Waals surface area contributed by atoms with Crippen LogP contribution in [0, 0.1) is 5.82 Å². The van der Waals surface area contributed by atoms with Gasteiger partial charge in [0.15, 0.2) is 0 Å². The van der Waals surface area contributed by atoms with E-state index >= 15 is 0 Å². The fourth-order valence-electron chi connectivity index (χ4n) is 1.81. The fourth-order valence-corrected chi connectivity index (χ4v) is 1.81. The Kier molecular flexibility index (Phi) is 4.30. The van der Waals surface area contributed by atoms with E-state index in [1.54, 1.807) is 37.5 Å². The number of amides is 1. The van der Waals surface area contributed by atoms with Gasteiger partial charge >= 0.3 is 0 Å². The lowest BCUT2D eigenvalue weighted by molar-refractivity contribution is -0.131. The maximum Gasteiger partial charge on any atom is 0.250 e. The lowest BCUT2D eigenvalue weighted by Gasteiger charge is -2.17. The minimum atomic E-state index is -0.307. The number of hydrogen-bond donors (Lipinski definition) is 0. The quantitative estimate of drug-likeness (QED) is 0.850. The molecule has 1 aromatic carbocycles. The maximum atomic E-state index is 12.8. The summed E-state index contributed by atoms with van der Waals surface area (Å²) in [5, 5.41) is 0. The summed E-state index contributed by atoms with van der Waals surface area (Å²) in [4.78, 5) is 25.1. The van der Waals surface area contributed by atoms with E-state index in [1.165, 1.54) is 27.7 Å². The zero-order valence-electron chi connectivity index (χ0n) is 11.1. The normalized spacial score (nSPS) is 10.3. The first kappa shape index (κ1) is 14.0. The van der Waals surface area contributed by atoms with Gasteiger partial charge in [-0.15, -0.1) is 0 Å². The van der Waals surface area contributed by atoms with Crippen molar-refractivity contribution in [2.75, 3.05) is 7.05 Å². The van der Waals surface area contributed by atoms with Gasteiger partial charge in [0.2, 0.25) is 5.91 Å². The van der Waals surface area contributed by atoms with Gasteiger partial charge in [-0.25, -0.2) is 4.39 Å². The Balaban J connectivity index is 2.00. The summed E-state index contributed by atoms with van der Waals surface area (Å²) >= 11 is 0. The summed E-state index contributed by atoms with van der Waals surface area (Å²) in [6.07, 6.45) is 1.58. The van der Waals surface area contributed by atoms with Crippen LogP contribution in [0.5, 0.6) is 0 Å². The molecule has 2 aromatic rings. The average molecular weight is 274 g/mol. The van der Waals surface area contributed by atoms with Crippen LogP contribution in [0.1, 0.15) is 5.56 Å². The molecule has 0 aliphatic heterocycles. The number of benzene rings is 1. The Morgan fingerprint density at radius 1 is 1.20 bits per heavy atom. The first-order chi connectivity index (χ1) is 9.56. The zero-order chi connectivity index (χ0) is 14.5. The number of aromatic nitrogens is 1. The van der Waals surface area contributed by atoms with Crippen LogP contribution < -0.4 is 5.56 Å². The maximum absolute atomic E-state index is 12.8. The Hall–Kier alpha value is -2.43. The molecule has 0 N–H and O–H groups in total. The highest BCUT2D eigenvalue weighted by Gasteiger charge is 2.10. The molecular formula is C15H15FN2O2. The van der Waals surface area contributed by atoms with Gasteiger partial charge in [0, 0.05) is 25.9 Å². The number of carbonyl (C=O) groups excluding carboxylic acids is 1. The molecular weight excluding hydrogens is 259 g/mol. The molecule has 104 valence electrons. The van der Waals surface area contributed by atoms with Crippen molar-refractivity contribution in [3.8, 4) is 0 Å². The van der Waals surface area contributed by atoms with Gasteiger partial charge in [-0.2, -0.15) is 0 Å². The molecule has 1 heterocycles. The van der Waals surface area contributed by atoms with Crippen molar-refractivity contribution in [3.63, 3.8) is 0 Å². The van der Waals surface area contributed by atoms with Gasteiger partial charge < -0.3 is 9.47 Å². The van der Waals surface area contributed by atoms with E-state index in [9.17, 15) is 14.0 Å². The minimum absolute atomic E-state index is 0.00261. The molecule has 0 radical (unpaired) electrons. The minimum Gasteiger partial charge on any atom is -0.340 e. The van der Waals surface area contributed by atoms with Gasteiger partial charge in [0.25, 0.3) is 5.56 Å². The summed E-state index contributed by atoms with van der Waals surface area (Å²) in [6.45, 7) is 0.373. The van der Waals surface area contributed by atoms with Crippen LogP contribution in [-0.2, 0) is 17.9 Å². The van der Waals surface area contributed by atoms with Crippen LogP contribution in [0.3, 0.4) is 0 Å². The SMILES string of the molecule is CN(Cc1ccc(F)cc1)C(=O)Cn1ccccc1=O. The Labute approximate surface area is 116 Å². The highest BCUT2D eigenvalue weighted by Crippen LogP contribution is 2.06. The second-order valence-electron chi connectivity index (χ2n) is 4.54. The van der Waals surface area contributed by atoms with E-state index in [1.807, 2.05) is 0 Å². The van der Waals surface area contributed by atoms with Crippen molar-refractivity contribution in [1.82, 2.24) is 9.47 Å². The average Bonchev–Trinajstić information content (AvgIpc) is 2.44. The van der Waals surface area contributed by atoms with E-state index in [4.69, 9.17) is 0 Å². The molecule has 5 heteroatoms. The number of halogens is 1. The zero-order valence-corrected chi connectivity index (χ0v) is 11.1. The third kappa shape index (κ3) is 3.54. The van der Waals surface area contributed by atoms with E-state index in [0.717, 1.165) is 5.56 Å². The van der Waals surface area contributed by atoms with Gasteiger partial charge in [0.05, 0.1) is 0 Å². The molecule has 0 saturated carbocycles. The van der Waals surface area contributed by atoms with Crippen molar-refractivity contribution in [2.24, 2.45) is 0 Å². The van der Waals surface area contributed by atoms with Crippen LogP contribution in [0.2, 0.25) is 0 Å². The Bertz CT molecular complexity index is 649. The molecule has 0 atom stereocenters. The highest BCUT2D eigenvalue weighted by molar-refractivity contribution is 5.75. The molecule has 0 bridgehead atoms. The van der Waals surface area contributed by atoms with E-state index in [2.05, 4.69) is 0 Å². The van der Waals surface area contributed by atoms with E-state index in [-0.39, 0.29) is 23.8 Å². The molecule has 0 fully saturated rings. The molecule has 0 aliphatic carbocycles. The largest absolute Gasteiger partial charge is 0.340 e. The molecule has 0 unspecified atom stereocenters. The molecule has 0 spiro atoms. The number of carbonyl (C=O) groups is 1. The van der Waals surface area contributed by atoms with Crippen molar-refractivity contribution in [1.29, 1.82) is 0 Å². The number of hydrogen-bond acceptors (Lipinski definition) is 2. The Morgan fingerprint density at radius 2 is 1.90 bits per heavy atom. The number of pyridine rings is 1.